The van der Waals surface area contributed by atoms with E-state index in [1.54, 1.807) is 0 Å². The second kappa shape index (κ2) is 5.00. The van der Waals surface area contributed by atoms with E-state index in [0.717, 1.165) is 0 Å². The van der Waals surface area contributed by atoms with Crippen LogP contribution in [0.2, 0.25) is 0 Å². The predicted molar refractivity (Wildman–Crippen MR) is 65.8 cm³/mol. The van der Waals surface area contributed by atoms with Gasteiger partial charge in [0.25, 0.3) is 0 Å². The van der Waals surface area contributed by atoms with E-state index in [0.29, 0.717) is 12.6 Å². The van der Waals surface area contributed by atoms with Crippen LogP contribution in [0.5, 0.6) is 0 Å². The third kappa shape index (κ3) is 2.84. The van der Waals surface area contributed by atoms with E-state index < -0.39 is 0 Å². The van der Waals surface area contributed by atoms with E-state index in [-0.39, 0.29) is 5.41 Å². The minimum Gasteiger partial charge on any atom is -0.303 e. The second-order valence-corrected chi connectivity index (χ2v) is 4.39. The molecule has 1 nitrogen and oxygen atoms in total. The lowest BCUT2D eigenvalue weighted by Crippen LogP contribution is -2.42. The molecule has 0 saturated heterocycles. The van der Waals surface area contributed by atoms with E-state index >= 15 is 0 Å². The van der Waals surface area contributed by atoms with Crippen LogP contribution in [0.25, 0.3) is 0 Å². The second-order valence-electron chi connectivity index (χ2n) is 4.39. The Hall–Kier alpha value is -1.26. The summed E-state index contributed by atoms with van der Waals surface area (Å²) in [7, 11) is 0. The molecule has 0 aliphatic carbocycles. The number of hydrogen-bond donors (Lipinski definition) is 1. The van der Waals surface area contributed by atoms with Gasteiger partial charge in [-0.1, -0.05) is 50.1 Å². The van der Waals surface area contributed by atoms with Gasteiger partial charge in [0, 0.05) is 11.5 Å². The van der Waals surface area contributed by atoms with Gasteiger partial charge in [-0.05, 0) is 12.5 Å². The first-order valence-electron chi connectivity index (χ1n) is 5.31. The minimum absolute atomic E-state index is 0.0953. The summed E-state index contributed by atoms with van der Waals surface area (Å²) >= 11 is 0. The zero-order valence-corrected chi connectivity index (χ0v) is 9.75. The van der Waals surface area contributed by atoms with Crippen LogP contribution in [0.1, 0.15) is 26.3 Å². The fourth-order valence-electron chi connectivity index (χ4n) is 1.58. The van der Waals surface area contributed by atoms with Crippen molar-refractivity contribution in [3.8, 4) is 12.3 Å². The summed E-state index contributed by atoms with van der Waals surface area (Å²) in [6, 6.07) is 10.9. The Morgan fingerprint density at radius 2 is 1.93 bits per heavy atom. The van der Waals surface area contributed by atoms with Crippen molar-refractivity contribution in [1.29, 1.82) is 0 Å². The molecule has 1 aromatic rings. The van der Waals surface area contributed by atoms with Gasteiger partial charge >= 0.3 is 0 Å². The van der Waals surface area contributed by atoms with Crippen LogP contribution in [0.4, 0.5) is 0 Å². The molecular weight excluding hydrogens is 182 g/mol. The van der Waals surface area contributed by atoms with Crippen LogP contribution in [-0.2, 0) is 5.41 Å². The van der Waals surface area contributed by atoms with Crippen LogP contribution < -0.4 is 5.32 Å². The molecule has 1 heteroatoms. The number of nitrogens with one attached hydrogen (secondary N) is 1. The van der Waals surface area contributed by atoms with Gasteiger partial charge in [-0.15, -0.1) is 6.42 Å². The maximum absolute atomic E-state index is 5.25. The molecule has 1 unspecified atom stereocenters. The number of terminal acetylenes is 1. The molecule has 0 fully saturated rings. The molecule has 0 aliphatic rings. The lowest BCUT2D eigenvalue weighted by atomic mass is 9.78. The summed E-state index contributed by atoms with van der Waals surface area (Å²) in [5.74, 6) is 2.61. The van der Waals surface area contributed by atoms with Gasteiger partial charge in [-0.2, -0.15) is 0 Å². The molecule has 1 atom stereocenters. The zero-order valence-electron chi connectivity index (χ0n) is 9.75. The first kappa shape index (κ1) is 11.8. The van der Waals surface area contributed by atoms with Gasteiger partial charge in [0.05, 0.1) is 6.54 Å². The minimum atomic E-state index is 0.0953. The van der Waals surface area contributed by atoms with E-state index in [4.69, 9.17) is 6.42 Å². The van der Waals surface area contributed by atoms with E-state index in [1.807, 2.05) is 6.07 Å². The quantitative estimate of drug-likeness (QED) is 0.738. The summed E-state index contributed by atoms with van der Waals surface area (Å²) < 4.78 is 0. The number of rotatable bonds is 4. The van der Waals surface area contributed by atoms with Crippen molar-refractivity contribution in [2.75, 3.05) is 6.54 Å². The van der Waals surface area contributed by atoms with Gasteiger partial charge < -0.3 is 5.32 Å². The topological polar surface area (TPSA) is 12.0 Å². The average molecular weight is 201 g/mol. The van der Waals surface area contributed by atoms with Crippen LogP contribution in [-0.4, -0.2) is 12.6 Å². The Kier molecular flexibility index (Phi) is 3.94. The van der Waals surface area contributed by atoms with Crippen molar-refractivity contribution >= 4 is 0 Å². The first-order chi connectivity index (χ1) is 7.09. The molecule has 80 valence electrons. The summed E-state index contributed by atoms with van der Waals surface area (Å²) in [6.45, 7) is 7.26. The fourth-order valence-corrected chi connectivity index (χ4v) is 1.58. The maximum atomic E-state index is 5.25. The monoisotopic (exact) mass is 201 g/mol. The highest BCUT2D eigenvalue weighted by atomic mass is 14.9. The largest absolute Gasteiger partial charge is 0.303 e. The van der Waals surface area contributed by atoms with Crippen LogP contribution in [0, 0.1) is 12.3 Å². The Balaban J connectivity index is 2.79. The van der Waals surface area contributed by atoms with Gasteiger partial charge in [0.15, 0.2) is 0 Å². The van der Waals surface area contributed by atoms with Crippen LogP contribution >= 0.6 is 0 Å². The third-order valence-corrected chi connectivity index (χ3v) is 3.11. The van der Waals surface area contributed by atoms with Crippen molar-refractivity contribution in [1.82, 2.24) is 5.32 Å². The van der Waals surface area contributed by atoms with E-state index in [2.05, 4.69) is 56.3 Å². The van der Waals surface area contributed by atoms with E-state index in [1.165, 1.54) is 5.56 Å². The molecule has 1 N–H and O–H groups in total. The van der Waals surface area contributed by atoms with Crippen LogP contribution in [0.3, 0.4) is 0 Å². The van der Waals surface area contributed by atoms with Crippen molar-refractivity contribution < 1.29 is 0 Å². The molecule has 0 heterocycles. The standard InChI is InChI=1S/C14H19N/c1-5-11-15-12(2)14(3,4)13-9-7-6-8-10-13/h1,6-10,12,15H,11H2,2-4H3. The SMILES string of the molecule is C#CCNC(C)C(C)(C)c1ccccc1. The number of benzene rings is 1. The van der Waals surface area contributed by atoms with Crippen molar-refractivity contribution in [3.05, 3.63) is 35.9 Å². The molecule has 0 aromatic heterocycles. The highest BCUT2D eigenvalue weighted by molar-refractivity contribution is 5.25. The lowest BCUT2D eigenvalue weighted by Gasteiger charge is -2.32. The summed E-state index contributed by atoms with van der Waals surface area (Å²) in [6.07, 6.45) is 5.25. The summed E-state index contributed by atoms with van der Waals surface area (Å²) in [4.78, 5) is 0. The normalized spacial score (nSPS) is 13.2. The lowest BCUT2D eigenvalue weighted by molar-refractivity contribution is 0.375. The molecule has 0 saturated carbocycles. The first-order valence-corrected chi connectivity index (χ1v) is 5.31. The Labute approximate surface area is 92.9 Å². The predicted octanol–water partition coefficient (Wildman–Crippen LogP) is 2.58. The van der Waals surface area contributed by atoms with Gasteiger partial charge in [-0.3, -0.25) is 0 Å². The fraction of sp³-hybridized carbons (Fsp3) is 0.429. The molecule has 15 heavy (non-hydrogen) atoms. The highest BCUT2D eigenvalue weighted by Crippen LogP contribution is 2.26. The Morgan fingerprint density at radius 3 is 2.47 bits per heavy atom. The smallest absolute Gasteiger partial charge is 0.0576 e. The van der Waals surface area contributed by atoms with Crippen molar-refractivity contribution in [2.45, 2.75) is 32.2 Å². The van der Waals surface area contributed by atoms with Crippen molar-refractivity contribution in [3.63, 3.8) is 0 Å². The molecule has 0 spiro atoms. The summed E-state index contributed by atoms with van der Waals surface area (Å²) in [5.41, 5.74) is 1.43. The zero-order chi connectivity index (χ0) is 11.3. The maximum Gasteiger partial charge on any atom is 0.0576 e. The summed E-state index contributed by atoms with van der Waals surface area (Å²) in [5, 5.41) is 3.33. The van der Waals surface area contributed by atoms with E-state index in [9.17, 15) is 0 Å². The molecule has 1 aromatic carbocycles. The van der Waals surface area contributed by atoms with Gasteiger partial charge in [0.1, 0.15) is 0 Å². The molecule has 0 bridgehead atoms. The molecule has 0 aliphatic heterocycles. The molecule has 0 amide bonds. The van der Waals surface area contributed by atoms with Crippen molar-refractivity contribution in [2.24, 2.45) is 0 Å². The average Bonchev–Trinajstić information content (AvgIpc) is 2.27. The molecule has 0 radical (unpaired) electrons. The van der Waals surface area contributed by atoms with Gasteiger partial charge in [-0.25, -0.2) is 0 Å². The van der Waals surface area contributed by atoms with Crippen LogP contribution in [0.15, 0.2) is 30.3 Å². The highest BCUT2D eigenvalue weighted by Gasteiger charge is 2.26. The molecule has 1 rings (SSSR count). The van der Waals surface area contributed by atoms with Gasteiger partial charge in [0.2, 0.25) is 0 Å². The Bertz CT molecular complexity index is 332. The number of hydrogen-bond acceptors (Lipinski definition) is 1. The Morgan fingerprint density at radius 1 is 1.33 bits per heavy atom. The molecular formula is C14H19N. The third-order valence-electron chi connectivity index (χ3n) is 3.11.